The fraction of sp³-hybridized carbons (Fsp3) is 0.250. The number of aromatic hydroxyl groups is 1. The van der Waals surface area contributed by atoms with E-state index in [1.807, 2.05) is 12.3 Å². The van der Waals surface area contributed by atoms with E-state index in [9.17, 15) is 5.11 Å². The predicted molar refractivity (Wildman–Crippen MR) is 253 cm³/mol. The molecule has 302 valence electrons. The van der Waals surface area contributed by atoms with Crippen LogP contribution in [0.25, 0.3) is 72.7 Å². The first kappa shape index (κ1) is 40.5. The van der Waals surface area contributed by atoms with Crippen molar-refractivity contribution in [1.82, 2.24) is 14.5 Å². The van der Waals surface area contributed by atoms with Crippen molar-refractivity contribution in [2.75, 3.05) is 0 Å². The lowest BCUT2D eigenvalue weighted by Gasteiger charge is -2.25. The van der Waals surface area contributed by atoms with Crippen molar-refractivity contribution < 1.29 is 5.11 Å². The molecule has 0 spiro atoms. The minimum Gasteiger partial charge on any atom is -0.507 e. The summed E-state index contributed by atoms with van der Waals surface area (Å²) in [6.07, 6.45) is 1.91. The molecule has 0 bridgehead atoms. The summed E-state index contributed by atoms with van der Waals surface area (Å²) >= 11 is 0. The van der Waals surface area contributed by atoms with Crippen LogP contribution in [0.1, 0.15) is 103 Å². The van der Waals surface area contributed by atoms with Crippen molar-refractivity contribution in [3.8, 4) is 67.5 Å². The molecule has 2 aromatic heterocycles. The Morgan fingerprint density at radius 2 is 1.22 bits per heavy atom. The summed E-state index contributed by atoms with van der Waals surface area (Å²) in [5.41, 5.74) is 16.6. The van der Waals surface area contributed by atoms with Crippen LogP contribution in [0, 0.1) is 0 Å². The maximum atomic E-state index is 12.2. The number of nitrogens with zero attached hydrogens (tertiary/aromatic N) is 3. The van der Waals surface area contributed by atoms with E-state index in [-0.39, 0.29) is 28.4 Å². The molecule has 60 heavy (non-hydrogen) atoms. The number of benzene rings is 6. The minimum absolute atomic E-state index is 0.125. The molecule has 0 aliphatic rings. The lowest BCUT2D eigenvalue weighted by atomic mass is 9.81. The fourth-order valence-corrected chi connectivity index (χ4v) is 8.32. The number of pyridine rings is 1. The Bertz CT molecular complexity index is 2830. The third-order valence-electron chi connectivity index (χ3n) is 11.8. The van der Waals surface area contributed by atoms with Gasteiger partial charge >= 0.3 is 0 Å². The second kappa shape index (κ2) is 15.7. The molecule has 0 unspecified atom stereocenters. The Morgan fingerprint density at radius 1 is 0.533 bits per heavy atom. The first-order valence-corrected chi connectivity index (χ1v) is 21.3. The van der Waals surface area contributed by atoms with Gasteiger partial charge < -0.3 is 5.11 Å². The molecule has 0 radical (unpaired) electrons. The summed E-state index contributed by atoms with van der Waals surface area (Å²) in [6.45, 7) is 22.3. The van der Waals surface area contributed by atoms with Crippen LogP contribution in [0.4, 0.5) is 0 Å². The van der Waals surface area contributed by atoms with E-state index in [1.165, 1.54) is 27.8 Å². The average Bonchev–Trinajstić information content (AvgIpc) is 3.63. The van der Waals surface area contributed by atoms with Gasteiger partial charge in [0, 0.05) is 23.0 Å². The lowest BCUT2D eigenvalue weighted by molar-refractivity contribution is 0.466. The molecule has 0 atom stereocenters. The molecule has 4 nitrogen and oxygen atoms in total. The Kier molecular flexibility index (Phi) is 10.6. The number of fused-ring (bicyclic) bond motifs is 1. The van der Waals surface area contributed by atoms with Gasteiger partial charge in [-0.2, -0.15) is 0 Å². The highest BCUT2D eigenvalue weighted by molar-refractivity contribution is 5.97. The molecule has 0 saturated carbocycles. The van der Waals surface area contributed by atoms with Crippen LogP contribution < -0.4 is 0 Å². The molecule has 2 heterocycles. The maximum Gasteiger partial charge on any atom is 0.149 e. The van der Waals surface area contributed by atoms with Gasteiger partial charge in [-0.1, -0.05) is 160 Å². The van der Waals surface area contributed by atoms with Crippen LogP contribution in [0.3, 0.4) is 0 Å². The number of rotatable bonds is 8. The average molecular weight is 788 g/mol. The second-order valence-corrected chi connectivity index (χ2v) is 19.0. The van der Waals surface area contributed by atoms with Gasteiger partial charge in [0.1, 0.15) is 11.6 Å². The number of para-hydroxylation sites is 1. The van der Waals surface area contributed by atoms with Gasteiger partial charge in [0.15, 0.2) is 0 Å². The van der Waals surface area contributed by atoms with Gasteiger partial charge in [0.05, 0.1) is 22.3 Å². The van der Waals surface area contributed by atoms with E-state index < -0.39 is 0 Å². The molecule has 8 rings (SSSR count). The highest BCUT2D eigenvalue weighted by Gasteiger charge is 2.26. The molecular weight excluding hydrogens is 731 g/mol. The third-order valence-corrected chi connectivity index (χ3v) is 11.8. The van der Waals surface area contributed by atoms with Crippen LogP contribution in [-0.4, -0.2) is 19.6 Å². The zero-order valence-electron chi connectivity index (χ0n) is 36.8. The Labute approximate surface area is 356 Å². The Morgan fingerprint density at radius 3 is 1.87 bits per heavy atom. The molecule has 0 amide bonds. The lowest BCUT2D eigenvalue weighted by Crippen LogP contribution is -2.14. The van der Waals surface area contributed by atoms with Gasteiger partial charge in [-0.25, -0.2) is 4.98 Å². The molecule has 0 aliphatic carbocycles. The molecule has 0 fully saturated rings. The number of aromatic nitrogens is 3. The standard InChI is InChI=1S/C56H57N3O/c1-35(2)40-31-47(36(3)4)53(60)48(32-40)54-58-52-46(22-17-23-51(52)59(54)44-24-25-45(38-20-15-12-16-21-38)49(34-44)56(8,9)10)41-28-42(30-43(29-41)55(5,6)7)50-33-39(26-27-57-50)37-18-13-11-14-19-37/h11-36,60H,1-10H3. The molecule has 0 aliphatic heterocycles. The monoisotopic (exact) mass is 787 g/mol. The molecule has 1 N–H and O–H groups in total. The number of imidazole rings is 1. The molecule has 8 aromatic rings. The van der Waals surface area contributed by atoms with E-state index >= 15 is 0 Å². The Balaban J connectivity index is 1.42. The van der Waals surface area contributed by atoms with Crippen molar-refractivity contribution in [2.45, 2.75) is 91.9 Å². The van der Waals surface area contributed by atoms with E-state index in [4.69, 9.17) is 9.97 Å². The van der Waals surface area contributed by atoms with Gasteiger partial charge in [-0.15, -0.1) is 0 Å². The van der Waals surface area contributed by atoms with Crippen LogP contribution in [0.5, 0.6) is 5.75 Å². The van der Waals surface area contributed by atoms with Crippen LogP contribution in [0.15, 0.2) is 146 Å². The topological polar surface area (TPSA) is 50.9 Å². The normalized spacial score (nSPS) is 12.2. The Hall–Kier alpha value is -6.26. The first-order valence-electron chi connectivity index (χ1n) is 21.3. The summed E-state index contributed by atoms with van der Waals surface area (Å²) < 4.78 is 2.27. The largest absolute Gasteiger partial charge is 0.507 e. The smallest absolute Gasteiger partial charge is 0.149 e. The molecule has 4 heteroatoms. The fourth-order valence-electron chi connectivity index (χ4n) is 8.32. The minimum atomic E-state index is -0.150. The van der Waals surface area contributed by atoms with Crippen LogP contribution >= 0.6 is 0 Å². The predicted octanol–water partition coefficient (Wildman–Crippen LogP) is 15.3. The van der Waals surface area contributed by atoms with E-state index in [0.29, 0.717) is 0 Å². The highest BCUT2D eigenvalue weighted by Crippen LogP contribution is 2.44. The maximum absolute atomic E-state index is 12.2. The molecular formula is C56H57N3O. The number of hydrogen-bond acceptors (Lipinski definition) is 3. The number of phenols is 1. The SMILES string of the molecule is CC(C)c1cc(-c2nc3c(-c4cc(-c5cc(-c6ccccc6)ccn5)cc(C(C)(C)C)c4)cccc3n2-c2ccc(-c3ccccc3)c(C(C)(C)C)c2)c(O)c(C(C)C)c1. The first-order chi connectivity index (χ1) is 28.6. The van der Waals surface area contributed by atoms with Crippen molar-refractivity contribution in [2.24, 2.45) is 0 Å². The summed E-state index contributed by atoms with van der Waals surface area (Å²) in [7, 11) is 0. The summed E-state index contributed by atoms with van der Waals surface area (Å²) in [4.78, 5) is 10.5. The van der Waals surface area contributed by atoms with Crippen molar-refractivity contribution >= 4 is 11.0 Å². The van der Waals surface area contributed by atoms with Crippen LogP contribution in [-0.2, 0) is 10.8 Å². The van der Waals surface area contributed by atoms with Crippen LogP contribution in [0.2, 0.25) is 0 Å². The van der Waals surface area contributed by atoms with E-state index in [1.54, 1.807) is 0 Å². The highest BCUT2D eigenvalue weighted by atomic mass is 16.3. The molecule has 6 aromatic carbocycles. The van der Waals surface area contributed by atoms with Crippen molar-refractivity contribution in [1.29, 1.82) is 0 Å². The van der Waals surface area contributed by atoms with Gasteiger partial charge in [0.2, 0.25) is 0 Å². The summed E-state index contributed by atoms with van der Waals surface area (Å²) in [5.74, 6) is 1.39. The summed E-state index contributed by atoms with van der Waals surface area (Å²) in [6, 6.07) is 49.9. The second-order valence-electron chi connectivity index (χ2n) is 19.0. The van der Waals surface area contributed by atoms with Gasteiger partial charge in [-0.05, 0) is 121 Å². The molecule has 0 saturated heterocycles. The van der Waals surface area contributed by atoms with E-state index in [0.717, 1.165) is 67.2 Å². The van der Waals surface area contributed by atoms with Gasteiger partial charge in [-0.3, -0.25) is 9.55 Å². The van der Waals surface area contributed by atoms with Crippen molar-refractivity contribution in [3.63, 3.8) is 0 Å². The van der Waals surface area contributed by atoms with E-state index in [2.05, 4.69) is 207 Å². The van der Waals surface area contributed by atoms with Gasteiger partial charge in [0.25, 0.3) is 0 Å². The number of hydrogen-bond donors (Lipinski definition) is 1. The third kappa shape index (κ3) is 7.79. The summed E-state index contributed by atoms with van der Waals surface area (Å²) in [5, 5.41) is 12.2. The van der Waals surface area contributed by atoms with Crippen molar-refractivity contribution in [3.05, 3.63) is 168 Å². The quantitative estimate of drug-likeness (QED) is 0.167. The zero-order chi connectivity index (χ0) is 42.5. The zero-order valence-corrected chi connectivity index (χ0v) is 36.8. The number of phenolic OH excluding ortho intramolecular Hbond substituents is 1.